The molecule has 0 aliphatic carbocycles. The lowest BCUT2D eigenvalue weighted by atomic mass is 10.2. The first kappa shape index (κ1) is 17.3. The van der Waals surface area contributed by atoms with E-state index in [0.29, 0.717) is 35.4 Å². The zero-order valence-electron chi connectivity index (χ0n) is 14.3. The summed E-state index contributed by atoms with van der Waals surface area (Å²) in [4.78, 5) is 24.4. The Hall–Kier alpha value is -3.07. The predicted octanol–water partition coefficient (Wildman–Crippen LogP) is 1.77. The Morgan fingerprint density at radius 2 is 1.96 bits per heavy atom. The summed E-state index contributed by atoms with van der Waals surface area (Å²) in [5, 5.41) is 2.70. The molecular formula is C18H17N3O5S. The Morgan fingerprint density at radius 3 is 2.74 bits per heavy atom. The van der Waals surface area contributed by atoms with Crippen molar-refractivity contribution in [1.29, 1.82) is 0 Å². The second kappa shape index (κ2) is 6.58. The average Bonchev–Trinajstić information content (AvgIpc) is 3.14. The lowest BCUT2D eigenvalue weighted by molar-refractivity contribution is -0.116. The number of fused-ring (bicyclic) bond motifs is 1. The van der Waals surface area contributed by atoms with E-state index in [1.807, 2.05) is 0 Å². The maximum Gasteiger partial charge on any atom is 0.420 e. The molecule has 3 aromatic rings. The average molecular weight is 387 g/mol. The number of anilines is 2. The van der Waals surface area contributed by atoms with Crippen LogP contribution < -0.4 is 15.4 Å². The zero-order valence-corrected chi connectivity index (χ0v) is 15.1. The normalized spacial score (nSPS) is 15.9. The van der Waals surface area contributed by atoms with Gasteiger partial charge in [-0.3, -0.25) is 13.7 Å². The highest BCUT2D eigenvalue weighted by Gasteiger charge is 2.28. The summed E-state index contributed by atoms with van der Waals surface area (Å²) in [5.74, 6) is -0.895. The minimum Gasteiger partial charge on any atom is -0.408 e. The minimum atomic E-state index is -3.29. The third-order valence-electron chi connectivity index (χ3n) is 4.39. The molecule has 1 fully saturated rings. The SMILES string of the molecule is O=C(Cn1c(=O)oc2ccccc21)Nc1cccc(N2CCCS2(=O)=O)c1. The van der Waals surface area contributed by atoms with Crippen LogP contribution in [0.15, 0.2) is 57.7 Å². The largest absolute Gasteiger partial charge is 0.420 e. The molecule has 1 N–H and O–H groups in total. The van der Waals surface area contributed by atoms with Gasteiger partial charge in [-0.15, -0.1) is 0 Å². The minimum absolute atomic E-state index is 0.125. The van der Waals surface area contributed by atoms with Gasteiger partial charge in [-0.2, -0.15) is 0 Å². The number of aromatic nitrogens is 1. The van der Waals surface area contributed by atoms with Gasteiger partial charge < -0.3 is 9.73 Å². The van der Waals surface area contributed by atoms with E-state index in [0.717, 1.165) is 0 Å². The first-order chi connectivity index (χ1) is 12.9. The summed E-state index contributed by atoms with van der Waals surface area (Å²) >= 11 is 0. The van der Waals surface area contributed by atoms with E-state index in [2.05, 4.69) is 5.32 Å². The van der Waals surface area contributed by atoms with Crippen molar-refractivity contribution in [1.82, 2.24) is 4.57 Å². The summed E-state index contributed by atoms with van der Waals surface area (Å²) in [6.45, 7) is 0.220. The van der Waals surface area contributed by atoms with Gasteiger partial charge in [-0.25, -0.2) is 13.2 Å². The van der Waals surface area contributed by atoms with E-state index >= 15 is 0 Å². The van der Waals surface area contributed by atoms with Crippen LogP contribution in [-0.4, -0.2) is 31.2 Å². The van der Waals surface area contributed by atoms with Crippen LogP contribution in [0.4, 0.5) is 11.4 Å². The van der Waals surface area contributed by atoms with Crippen LogP contribution in [0.2, 0.25) is 0 Å². The van der Waals surface area contributed by atoms with Gasteiger partial charge in [0.15, 0.2) is 5.58 Å². The molecule has 1 saturated heterocycles. The lowest BCUT2D eigenvalue weighted by Crippen LogP contribution is -2.26. The van der Waals surface area contributed by atoms with Crippen LogP contribution >= 0.6 is 0 Å². The molecule has 0 spiro atoms. The fourth-order valence-electron chi connectivity index (χ4n) is 3.18. The molecule has 2 heterocycles. The molecule has 140 valence electrons. The first-order valence-corrected chi connectivity index (χ1v) is 10.0. The van der Waals surface area contributed by atoms with E-state index in [9.17, 15) is 18.0 Å². The standard InChI is InChI=1S/C18H17N3O5S/c22-17(12-20-15-7-1-2-8-16(15)26-18(20)23)19-13-5-3-6-14(11-13)21-9-4-10-27(21,24)25/h1-3,5-8,11H,4,9-10,12H2,(H,19,22). The quantitative estimate of drug-likeness (QED) is 0.735. The molecule has 0 saturated carbocycles. The Balaban J connectivity index is 1.54. The summed E-state index contributed by atoms with van der Waals surface area (Å²) in [6, 6.07) is 13.5. The number of nitrogens with one attached hydrogen (secondary N) is 1. The second-order valence-electron chi connectivity index (χ2n) is 6.26. The number of amides is 1. The van der Waals surface area contributed by atoms with Crippen molar-refractivity contribution in [2.75, 3.05) is 21.9 Å². The van der Waals surface area contributed by atoms with Crippen LogP contribution in [0.25, 0.3) is 11.1 Å². The predicted molar refractivity (Wildman–Crippen MR) is 101 cm³/mol. The molecule has 1 aromatic heterocycles. The van der Waals surface area contributed by atoms with Crippen molar-refractivity contribution in [2.45, 2.75) is 13.0 Å². The smallest absolute Gasteiger partial charge is 0.408 e. The highest BCUT2D eigenvalue weighted by atomic mass is 32.2. The summed E-state index contributed by atoms with van der Waals surface area (Å²) in [7, 11) is -3.29. The number of hydrogen-bond donors (Lipinski definition) is 1. The highest BCUT2D eigenvalue weighted by Crippen LogP contribution is 2.26. The number of para-hydroxylation sites is 2. The molecule has 1 amide bonds. The molecular weight excluding hydrogens is 370 g/mol. The lowest BCUT2D eigenvalue weighted by Gasteiger charge is -2.17. The third-order valence-corrected chi connectivity index (χ3v) is 6.26. The zero-order chi connectivity index (χ0) is 19.0. The number of hydrogen-bond acceptors (Lipinski definition) is 5. The van der Waals surface area contributed by atoms with Crippen molar-refractivity contribution < 1.29 is 17.6 Å². The van der Waals surface area contributed by atoms with Gasteiger partial charge in [-0.1, -0.05) is 18.2 Å². The van der Waals surface area contributed by atoms with E-state index in [1.54, 1.807) is 48.5 Å². The fraction of sp³-hybridized carbons (Fsp3) is 0.222. The highest BCUT2D eigenvalue weighted by molar-refractivity contribution is 7.93. The molecule has 0 atom stereocenters. The van der Waals surface area contributed by atoms with Gasteiger partial charge in [0.05, 0.1) is 17.0 Å². The maximum atomic E-state index is 12.4. The molecule has 27 heavy (non-hydrogen) atoms. The molecule has 0 unspecified atom stereocenters. The van der Waals surface area contributed by atoms with Gasteiger partial charge in [0, 0.05) is 12.2 Å². The Bertz CT molecular complexity index is 1180. The van der Waals surface area contributed by atoms with Gasteiger partial charge in [0.25, 0.3) is 0 Å². The van der Waals surface area contributed by atoms with Crippen molar-refractivity contribution in [3.05, 3.63) is 59.1 Å². The second-order valence-corrected chi connectivity index (χ2v) is 8.27. The van der Waals surface area contributed by atoms with Crippen LogP contribution in [0.1, 0.15) is 6.42 Å². The van der Waals surface area contributed by atoms with Crippen molar-refractivity contribution in [2.24, 2.45) is 0 Å². The van der Waals surface area contributed by atoms with Crippen LogP contribution in [-0.2, 0) is 21.4 Å². The summed E-state index contributed by atoms with van der Waals surface area (Å²) < 4.78 is 31.8. The van der Waals surface area contributed by atoms with Crippen LogP contribution in [0, 0.1) is 0 Å². The molecule has 4 rings (SSSR count). The van der Waals surface area contributed by atoms with Crippen molar-refractivity contribution >= 4 is 38.4 Å². The summed E-state index contributed by atoms with van der Waals surface area (Å²) in [5.41, 5.74) is 1.92. The van der Waals surface area contributed by atoms with Gasteiger partial charge in [0.1, 0.15) is 6.54 Å². The van der Waals surface area contributed by atoms with Gasteiger partial charge >= 0.3 is 5.76 Å². The Morgan fingerprint density at radius 1 is 1.15 bits per heavy atom. The van der Waals surface area contributed by atoms with Crippen LogP contribution in [0.5, 0.6) is 0 Å². The molecule has 2 aromatic carbocycles. The Kier molecular flexibility index (Phi) is 4.23. The Labute approximate surface area is 155 Å². The monoisotopic (exact) mass is 387 g/mol. The van der Waals surface area contributed by atoms with Gasteiger partial charge in [-0.05, 0) is 36.8 Å². The molecule has 0 radical (unpaired) electrons. The van der Waals surface area contributed by atoms with Gasteiger partial charge in [0.2, 0.25) is 15.9 Å². The van der Waals surface area contributed by atoms with Crippen molar-refractivity contribution in [3.8, 4) is 0 Å². The fourth-order valence-corrected chi connectivity index (χ4v) is 4.73. The van der Waals surface area contributed by atoms with E-state index in [-0.39, 0.29) is 12.3 Å². The number of rotatable bonds is 4. The van der Waals surface area contributed by atoms with E-state index in [4.69, 9.17) is 4.42 Å². The van der Waals surface area contributed by atoms with Crippen molar-refractivity contribution in [3.63, 3.8) is 0 Å². The number of carbonyl (C=O) groups is 1. The molecule has 0 bridgehead atoms. The molecule has 1 aliphatic rings. The third kappa shape index (κ3) is 3.33. The van der Waals surface area contributed by atoms with Crippen LogP contribution in [0.3, 0.4) is 0 Å². The number of sulfonamides is 1. The number of oxazole rings is 1. The topological polar surface area (TPSA) is 102 Å². The molecule has 1 aliphatic heterocycles. The van der Waals surface area contributed by atoms with E-state index < -0.39 is 21.7 Å². The number of nitrogens with zero attached hydrogens (tertiary/aromatic N) is 2. The maximum absolute atomic E-state index is 12.4. The first-order valence-electron chi connectivity index (χ1n) is 8.43. The molecule has 9 heteroatoms. The number of benzene rings is 2. The van der Waals surface area contributed by atoms with E-state index in [1.165, 1.54) is 8.87 Å². The summed E-state index contributed by atoms with van der Waals surface area (Å²) in [6.07, 6.45) is 0.579. The molecule has 8 nitrogen and oxygen atoms in total. The number of carbonyl (C=O) groups excluding carboxylic acids is 1.